The Morgan fingerprint density at radius 1 is 1.33 bits per heavy atom. The van der Waals surface area contributed by atoms with E-state index in [0.717, 1.165) is 19.4 Å². The molecule has 1 saturated heterocycles. The van der Waals surface area contributed by atoms with Gasteiger partial charge in [0.15, 0.2) is 5.75 Å². The Hall–Kier alpha value is -1.46. The van der Waals surface area contributed by atoms with Gasteiger partial charge in [0, 0.05) is 13.0 Å². The topological polar surface area (TPSA) is 66.8 Å². The van der Waals surface area contributed by atoms with Gasteiger partial charge >= 0.3 is 5.97 Å². The van der Waals surface area contributed by atoms with Crippen LogP contribution in [0.2, 0.25) is 10.0 Å². The number of carboxylic acids is 1. The number of carbonyl (C=O) groups excluding carboxylic acids is 1. The highest BCUT2D eigenvalue weighted by molar-refractivity contribution is 6.37. The molecule has 1 aromatic carbocycles. The Labute approximate surface area is 151 Å². The number of aromatic carboxylic acids is 1. The molecule has 7 heteroatoms. The van der Waals surface area contributed by atoms with Gasteiger partial charge in [-0.3, -0.25) is 4.79 Å². The van der Waals surface area contributed by atoms with Gasteiger partial charge in [0.1, 0.15) is 6.61 Å². The van der Waals surface area contributed by atoms with Crippen molar-refractivity contribution in [1.29, 1.82) is 0 Å². The van der Waals surface area contributed by atoms with Crippen LogP contribution >= 0.6 is 23.2 Å². The minimum absolute atomic E-state index is 0.00644. The lowest BCUT2D eigenvalue weighted by Gasteiger charge is -2.26. The van der Waals surface area contributed by atoms with E-state index in [4.69, 9.17) is 33.0 Å². The van der Waals surface area contributed by atoms with E-state index in [-0.39, 0.29) is 39.9 Å². The highest BCUT2D eigenvalue weighted by Gasteiger charge is 2.29. The highest BCUT2D eigenvalue weighted by atomic mass is 35.5. The second kappa shape index (κ2) is 8.08. The van der Waals surface area contributed by atoms with Crippen molar-refractivity contribution in [3.8, 4) is 5.75 Å². The van der Waals surface area contributed by atoms with Gasteiger partial charge in [-0.2, -0.15) is 0 Å². The summed E-state index contributed by atoms with van der Waals surface area (Å²) in [4.78, 5) is 25.1. The van der Waals surface area contributed by atoms with E-state index in [2.05, 4.69) is 0 Å². The SMILES string of the molecule is CC(C)CC(=O)N1CCCC1COc1c(Cl)cc(C(=O)O)cc1Cl. The lowest BCUT2D eigenvalue weighted by molar-refractivity contribution is -0.133. The number of carbonyl (C=O) groups is 2. The number of carboxylic acid groups (broad SMARTS) is 1. The summed E-state index contributed by atoms with van der Waals surface area (Å²) in [6.07, 6.45) is 2.33. The summed E-state index contributed by atoms with van der Waals surface area (Å²) in [7, 11) is 0. The average molecular weight is 374 g/mol. The first-order valence-corrected chi connectivity index (χ1v) is 8.69. The van der Waals surface area contributed by atoms with E-state index >= 15 is 0 Å². The summed E-state index contributed by atoms with van der Waals surface area (Å²) in [6.45, 7) is 5.06. The smallest absolute Gasteiger partial charge is 0.335 e. The van der Waals surface area contributed by atoms with Crippen LogP contribution in [-0.2, 0) is 4.79 Å². The molecule has 0 spiro atoms. The third-order valence-electron chi connectivity index (χ3n) is 3.95. The largest absolute Gasteiger partial charge is 0.488 e. The molecule has 1 fully saturated rings. The zero-order chi connectivity index (χ0) is 17.9. The van der Waals surface area contributed by atoms with Crippen molar-refractivity contribution in [2.45, 2.75) is 39.2 Å². The van der Waals surface area contributed by atoms with Crippen molar-refractivity contribution in [3.05, 3.63) is 27.7 Å². The molecule has 5 nitrogen and oxygen atoms in total. The molecular weight excluding hydrogens is 353 g/mol. The van der Waals surface area contributed by atoms with Crippen LogP contribution in [0.5, 0.6) is 5.75 Å². The lowest BCUT2D eigenvalue weighted by atomic mass is 10.1. The van der Waals surface area contributed by atoms with Crippen LogP contribution in [0.15, 0.2) is 12.1 Å². The number of nitrogens with zero attached hydrogens (tertiary/aromatic N) is 1. The van der Waals surface area contributed by atoms with Crippen LogP contribution in [0.4, 0.5) is 0 Å². The quantitative estimate of drug-likeness (QED) is 0.814. The Morgan fingerprint density at radius 3 is 2.50 bits per heavy atom. The normalized spacial score (nSPS) is 17.4. The van der Waals surface area contributed by atoms with E-state index in [1.807, 2.05) is 18.7 Å². The van der Waals surface area contributed by atoms with Crippen molar-refractivity contribution in [1.82, 2.24) is 4.90 Å². The van der Waals surface area contributed by atoms with Crippen molar-refractivity contribution in [2.75, 3.05) is 13.2 Å². The molecule has 1 heterocycles. The van der Waals surface area contributed by atoms with Crippen molar-refractivity contribution in [3.63, 3.8) is 0 Å². The number of ether oxygens (including phenoxy) is 1. The summed E-state index contributed by atoms with van der Waals surface area (Å²) < 4.78 is 5.72. The Kier molecular flexibility index (Phi) is 6.35. The van der Waals surface area contributed by atoms with Gasteiger partial charge in [-0.05, 0) is 30.9 Å². The highest BCUT2D eigenvalue weighted by Crippen LogP contribution is 2.35. The predicted octanol–water partition coefficient (Wildman–Crippen LogP) is 4.11. The zero-order valence-corrected chi connectivity index (χ0v) is 15.2. The van der Waals surface area contributed by atoms with Gasteiger partial charge in [-0.1, -0.05) is 37.0 Å². The fraction of sp³-hybridized carbons (Fsp3) is 0.529. The van der Waals surface area contributed by atoms with E-state index in [1.165, 1.54) is 12.1 Å². The average Bonchev–Trinajstić information content (AvgIpc) is 2.93. The molecule has 132 valence electrons. The summed E-state index contributed by atoms with van der Waals surface area (Å²) >= 11 is 12.2. The first kappa shape index (κ1) is 18.9. The maximum Gasteiger partial charge on any atom is 0.335 e. The van der Waals surface area contributed by atoms with Crippen LogP contribution in [0, 0.1) is 5.92 Å². The summed E-state index contributed by atoms with van der Waals surface area (Å²) in [5.74, 6) is -0.403. The maximum atomic E-state index is 12.3. The molecule has 1 unspecified atom stereocenters. The fourth-order valence-electron chi connectivity index (χ4n) is 2.80. The first-order chi connectivity index (χ1) is 11.3. The second-order valence-corrected chi connectivity index (χ2v) is 7.18. The molecule has 1 aliphatic rings. The molecule has 0 bridgehead atoms. The summed E-state index contributed by atoms with van der Waals surface area (Å²) in [5.41, 5.74) is 0.00644. The minimum Gasteiger partial charge on any atom is -0.488 e. The van der Waals surface area contributed by atoms with Gasteiger partial charge in [0.25, 0.3) is 0 Å². The number of rotatable bonds is 6. The van der Waals surface area contributed by atoms with Crippen molar-refractivity contribution in [2.24, 2.45) is 5.92 Å². The Balaban J connectivity index is 2.05. The van der Waals surface area contributed by atoms with Crippen LogP contribution in [-0.4, -0.2) is 41.1 Å². The predicted molar refractivity (Wildman–Crippen MR) is 93.1 cm³/mol. The zero-order valence-electron chi connectivity index (χ0n) is 13.7. The number of likely N-dealkylation sites (tertiary alicyclic amines) is 1. The molecule has 0 aliphatic carbocycles. The van der Waals surface area contributed by atoms with Crippen LogP contribution < -0.4 is 4.74 Å². The fourth-order valence-corrected chi connectivity index (χ4v) is 3.40. The summed E-state index contributed by atoms with van der Waals surface area (Å²) in [5, 5.41) is 9.29. The molecule has 0 saturated carbocycles. The second-order valence-electron chi connectivity index (χ2n) is 6.37. The number of hydrogen-bond donors (Lipinski definition) is 1. The number of amides is 1. The first-order valence-electron chi connectivity index (χ1n) is 7.94. The molecule has 1 aliphatic heterocycles. The van der Waals surface area contributed by atoms with Gasteiger partial charge in [0.05, 0.1) is 21.7 Å². The third kappa shape index (κ3) is 4.54. The van der Waals surface area contributed by atoms with E-state index in [0.29, 0.717) is 12.3 Å². The Bertz CT molecular complexity index is 610. The number of benzene rings is 1. The molecule has 1 N–H and O–H groups in total. The molecular formula is C17H21Cl2NO4. The summed E-state index contributed by atoms with van der Waals surface area (Å²) in [6, 6.07) is 2.60. The Morgan fingerprint density at radius 2 is 1.96 bits per heavy atom. The number of hydrogen-bond acceptors (Lipinski definition) is 3. The maximum absolute atomic E-state index is 12.3. The van der Waals surface area contributed by atoms with Crippen LogP contribution in [0.1, 0.15) is 43.5 Å². The lowest BCUT2D eigenvalue weighted by Crippen LogP contribution is -2.39. The molecule has 0 radical (unpaired) electrons. The van der Waals surface area contributed by atoms with E-state index < -0.39 is 5.97 Å². The third-order valence-corrected chi connectivity index (χ3v) is 4.51. The standard InChI is InChI=1S/C17H21Cl2NO4/c1-10(2)6-15(21)20-5-3-4-12(20)9-24-16-13(18)7-11(17(22)23)8-14(16)19/h7-8,10,12H,3-6,9H2,1-2H3,(H,22,23). The minimum atomic E-state index is -1.10. The van der Waals surface area contributed by atoms with Crippen molar-refractivity contribution >= 4 is 35.1 Å². The molecule has 2 rings (SSSR count). The van der Waals surface area contributed by atoms with Crippen molar-refractivity contribution < 1.29 is 19.4 Å². The molecule has 1 amide bonds. The van der Waals surface area contributed by atoms with E-state index in [1.54, 1.807) is 0 Å². The van der Waals surface area contributed by atoms with Crippen LogP contribution in [0.25, 0.3) is 0 Å². The van der Waals surface area contributed by atoms with Gasteiger partial charge in [-0.25, -0.2) is 4.79 Å². The van der Waals surface area contributed by atoms with Gasteiger partial charge in [0.2, 0.25) is 5.91 Å². The van der Waals surface area contributed by atoms with Gasteiger partial charge in [-0.15, -0.1) is 0 Å². The molecule has 24 heavy (non-hydrogen) atoms. The number of halogens is 2. The molecule has 1 aromatic rings. The molecule has 0 aromatic heterocycles. The van der Waals surface area contributed by atoms with E-state index in [9.17, 15) is 9.59 Å². The molecule has 1 atom stereocenters. The van der Waals surface area contributed by atoms with Gasteiger partial charge < -0.3 is 14.7 Å². The van der Waals surface area contributed by atoms with Crippen LogP contribution in [0.3, 0.4) is 0 Å². The monoisotopic (exact) mass is 373 g/mol.